The predicted octanol–water partition coefficient (Wildman–Crippen LogP) is 1.49. The van der Waals surface area contributed by atoms with Crippen LogP contribution in [0.25, 0.3) is 0 Å². The van der Waals surface area contributed by atoms with Crippen molar-refractivity contribution in [3.63, 3.8) is 0 Å². The Kier molecular flexibility index (Phi) is 4.47. The first-order chi connectivity index (χ1) is 7.62. The van der Waals surface area contributed by atoms with Gasteiger partial charge in [-0.15, -0.1) is 0 Å². The Hall–Kier alpha value is -1.38. The summed E-state index contributed by atoms with van der Waals surface area (Å²) in [5, 5.41) is 8.99. The maximum atomic E-state index is 11.2. The number of methoxy groups -OCH3 is 1. The topological polar surface area (TPSA) is 76.1 Å². The zero-order valence-electron chi connectivity index (χ0n) is 8.79. The van der Waals surface area contributed by atoms with Gasteiger partial charge in [-0.1, -0.05) is 6.07 Å². The molecule has 0 spiro atoms. The summed E-state index contributed by atoms with van der Waals surface area (Å²) in [4.78, 5) is 11.2. The lowest BCUT2D eigenvalue weighted by Gasteiger charge is -2.07. The summed E-state index contributed by atoms with van der Waals surface area (Å²) in [5.41, 5.74) is 7.46. The summed E-state index contributed by atoms with van der Waals surface area (Å²) in [6, 6.07) is 5.58. The van der Waals surface area contributed by atoms with Crippen molar-refractivity contribution in [2.24, 2.45) is 5.73 Å². The van der Waals surface area contributed by atoms with E-state index in [1.54, 1.807) is 12.1 Å². The van der Waals surface area contributed by atoms with E-state index >= 15 is 0 Å². The third-order valence-corrected chi connectivity index (χ3v) is 2.77. The second kappa shape index (κ2) is 5.64. The fourth-order valence-electron chi connectivity index (χ4n) is 1.34. The van der Waals surface area contributed by atoms with Gasteiger partial charge in [-0.2, -0.15) is 5.26 Å². The van der Waals surface area contributed by atoms with Crippen LogP contribution < -0.4 is 5.73 Å². The van der Waals surface area contributed by atoms with Crippen LogP contribution in [0.3, 0.4) is 0 Å². The number of ether oxygens (including phenoxy) is 1. The molecular formula is C11H11BrN2O2. The average Bonchev–Trinajstić information content (AvgIpc) is 2.28. The number of rotatable bonds is 3. The molecular weight excluding hydrogens is 272 g/mol. The monoisotopic (exact) mass is 282 g/mol. The normalized spacial score (nSPS) is 9.62. The quantitative estimate of drug-likeness (QED) is 0.853. The molecule has 1 aromatic carbocycles. The molecule has 0 saturated heterocycles. The second-order valence-electron chi connectivity index (χ2n) is 3.18. The van der Waals surface area contributed by atoms with Crippen molar-refractivity contribution in [3.05, 3.63) is 33.3 Å². The highest BCUT2D eigenvalue weighted by atomic mass is 79.9. The Labute approximate surface area is 102 Å². The molecule has 0 unspecified atom stereocenters. The van der Waals surface area contributed by atoms with Crippen LogP contribution in [0.1, 0.15) is 16.7 Å². The molecule has 84 valence electrons. The van der Waals surface area contributed by atoms with Gasteiger partial charge < -0.3 is 10.5 Å². The van der Waals surface area contributed by atoms with Gasteiger partial charge in [0.05, 0.1) is 19.1 Å². The summed E-state index contributed by atoms with van der Waals surface area (Å²) in [6.07, 6.45) is 0.0752. The van der Waals surface area contributed by atoms with Crippen LogP contribution in [0.4, 0.5) is 0 Å². The molecule has 0 heterocycles. The Morgan fingerprint density at radius 1 is 1.62 bits per heavy atom. The van der Waals surface area contributed by atoms with E-state index in [9.17, 15) is 4.79 Å². The van der Waals surface area contributed by atoms with Gasteiger partial charge in [0.15, 0.2) is 0 Å². The van der Waals surface area contributed by atoms with Gasteiger partial charge in [0.2, 0.25) is 0 Å². The van der Waals surface area contributed by atoms with E-state index < -0.39 is 0 Å². The number of hydrogen-bond acceptors (Lipinski definition) is 4. The molecule has 1 aromatic rings. The van der Waals surface area contributed by atoms with Crippen molar-refractivity contribution < 1.29 is 9.53 Å². The third kappa shape index (κ3) is 2.81. The van der Waals surface area contributed by atoms with Crippen molar-refractivity contribution in [1.82, 2.24) is 0 Å². The molecule has 0 aliphatic rings. The average molecular weight is 283 g/mol. The minimum atomic E-state index is -0.377. The van der Waals surface area contributed by atoms with Crippen LogP contribution in [-0.2, 0) is 22.5 Å². The maximum absolute atomic E-state index is 11.2. The SMILES string of the molecule is COC(=O)Cc1cc(CN)cc(Br)c1C#N. The first-order valence-corrected chi connectivity index (χ1v) is 5.40. The standard InChI is InChI=1S/C11H11BrN2O2/c1-16-11(15)4-8-2-7(5-13)3-10(12)9(8)6-14/h2-3H,4-5,13H2,1H3. The van der Waals surface area contributed by atoms with Crippen molar-refractivity contribution in [3.8, 4) is 6.07 Å². The Morgan fingerprint density at radius 2 is 2.31 bits per heavy atom. The molecule has 0 saturated carbocycles. The molecule has 2 N–H and O–H groups in total. The zero-order valence-corrected chi connectivity index (χ0v) is 10.4. The maximum Gasteiger partial charge on any atom is 0.310 e. The summed E-state index contributed by atoms with van der Waals surface area (Å²) in [5.74, 6) is -0.377. The lowest BCUT2D eigenvalue weighted by atomic mass is 10.0. The number of nitriles is 1. The van der Waals surface area contributed by atoms with E-state index in [4.69, 9.17) is 11.0 Å². The van der Waals surface area contributed by atoms with E-state index in [-0.39, 0.29) is 12.4 Å². The van der Waals surface area contributed by atoms with E-state index in [2.05, 4.69) is 20.7 Å². The highest BCUT2D eigenvalue weighted by molar-refractivity contribution is 9.10. The first kappa shape index (κ1) is 12.7. The number of esters is 1. The van der Waals surface area contributed by atoms with Crippen molar-refractivity contribution in [2.75, 3.05) is 7.11 Å². The summed E-state index contributed by atoms with van der Waals surface area (Å²) in [6.45, 7) is 0.360. The van der Waals surface area contributed by atoms with Crippen LogP contribution >= 0.6 is 15.9 Å². The number of benzene rings is 1. The van der Waals surface area contributed by atoms with Gasteiger partial charge in [0.25, 0.3) is 0 Å². The molecule has 0 aromatic heterocycles. The van der Waals surface area contributed by atoms with Crippen molar-refractivity contribution in [2.45, 2.75) is 13.0 Å². The van der Waals surface area contributed by atoms with Crippen molar-refractivity contribution >= 4 is 21.9 Å². The minimum absolute atomic E-state index is 0.0752. The molecule has 0 bridgehead atoms. The number of hydrogen-bond donors (Lipinski definition) is 1. The van der Waals surface area contributed by atoms with Crippen LogP contribution in [0.15, 0.2) is 16.6 Å². The number of carbonyl (C=O) groups is 1. The summed E-state index contributed by atoms with van der Waals surface area (Å²) < 4.78 is 5.22. The highest BCUT2D eigenvalue weighted by Gasteiger charge is 2.12. The number of carbonyl (C=O) groups excluding carboxylic acids is 1. The second-order valence-corrected chi connectivity index (χ2v) is 4.03. The largest absolute Gasteiger partial charge is 0.469 e. The molecule has 0 atom stereocenters. The van der Waals surface area contributed by atoms with Crippen LogP contribution in [0, 0.1) is 11.3 Å². The third-order valence-electron chi connectivity index (χ3n) is 2.14. The molecule has 1 rings (SSSR count). The van der Waals surface area contributed by atoms with Crippen molar-refractivity contribution in [1.29, 1.82) is 5.26 Å². The smallest absolute Gasteiger partial charge is 0.310 e. The first-order valence-electron chi connectivity index (χ1n) is 4.60. The molecule has 0 aliphatic heterocycles. The number of nitrogens with two attached hydrogens (primary N) is 1. The van der Waals surface area contributed by atoms with Gasteiger partial charge in [-0.3, -0.25) is 4.79 Å². The fraction of sp³-hybridized carbons (Fsp3) is 0.273. The van der Waals surface area contributed by atoms with Crippen LogP contribution in [0.2, 0.25) is 0 Å². The van der Waals surface area contributed by atoms with Crippen LogP contribution in [-0.4, -0.2) is 13.1 Å². The lowest BCUT2D eigenvalue weighted by Crippen LogP contribution is -2.08. The Bertz CT molecular complexity index is 452. The molecule has 0 radical (unpaired) electrons. The van der Waals surface area contributed by atoms with E-state index in [0.29, 0.717) is 22.1 Å². The molecule has 0 aliphatic carbocycles. The van der Waals surface area contributed by atoms with E-state index in [1.165, 1.54) is 7.11 Å². The highest BCUT2D eigenvalue weighted by Crippen LogP contribution is 2.23. The predicted molar refractivity (Wildman–Crippen MR) is 62.5 cm³/mol. The zero-order chi connectivity index (χ0) is 12.1. The van der Waals surface area contributed by atoms with E-state index in [0.717, 1.165) is 5.56 Å². The minimum Gasteiger partial charge on any atom is -0.469 e. The summed E-state index contributed by atoms with van der Waals surface area (Å²) >= 11 is 3.28. The summed E-state index contributed by atoms with van der Waals surface area (Å²) in [7, 11) is 1.32. The molecule has 0 amide bonds. The number of halogens is 1. The Morgan fingerprint density at radius 3 is 2.81 bits per heavy atom. The van der Waals surface area contributed by atoms with Gasteiger partial charge in [0, 0.05) is 11.0 Å². The van der Waals surface area contributed by atoms with Gasteiger partial charge >= 0.3 is 5.97 Å². The lowest BCUT2D eigenvalue weighted by molar-refractivity contribution is -0.139. The van der Waals surface area contributed by atoms with E-state index in [1.807, 2.05) is 6.07 Å². The molecule has 16 heavy (non-hydrogen) atoms. The number of nitrogens with zero attached hydrogens (tertiary/aromatic N) is 1. The fourth-order valence-corrected chi connectivity index (χ4v) is 1.97. The molecule has 0 fully saturated rings. The molecule has 4 nitrogen and oxygen atoms in total. The van der Waals surface area contributed by atoms with Gasteiger partial charge in [0.1, 0.15) is 6.07 Å². The Balaban J connectivity index is 3.19. The molecule has 5 heteroatoms. The van der Waals surface area contributed by atoms with Gasteiger partial charge in [-0.25, -0.2) is 0 Å². The van der Waals surface area contributed by atoms with Crippen LogP contribution in [0.5, 0.6) is 0 Å². The van der Waals surface area contributed by atoms with Gasteiger partial charge in [-0.05, 0) is 33.1 Å².